The van der Waals surface area contributed by atoms with Crippen molar-refractivity contribution in [2.24, 2.45) is 0 Å². The summed E-state index contributed by atoms with van der Waals surface area (Å²) in [6.07, 6.45) is 3.22. The predicted octanol–water partition coefficient (Wildman–Crippen LogP) is 2.04. The van der Waals surface area contributed by atoms with E-state index in [2.05, 4.69) is 19.9 Å². The first-order chi connectivity index (χ1) is 9.72. The maximum absolute atomic E-state index is 12.3. The van der Waals surface area contributed by atoms with E-state index < -0.39 is 10.8 Å². The average Bonchev–Trinajstić information content (AvgIpc) is 2.47. The van der Waals surface area contributed by atoms with Gasteiger partial charge in [-0.15, -0.1) is 0 Å². The molecule has 3 rings (SSSR count). The molecule has 0 aliphatic rings. The molecule has 0 aromatic carbocycles. The monoisotopic (exact) mass is 284 g/mol. The van der Waals surface area contributed by atoms with E-state index in [1.807, 2.05) is 37.3 Å². The summed E-state index contributed by atoms with van der Waals surface area (Å²) in [6, 6.07) is 9.28. The summed E-state index contributed by atoms with van der Waals surface area (Å²) in [5, 5.41) is 0.432. The van der Waals surface area contributed by atoms with E-state index in [0.29, 0.717) is 21.9 Å². The van der Waals surface area contributed by atoms with Gasteiger partial charge in [0, 0.05) is 11.9 Å². The lowest BCUT2D eigenvalue weighted by atomic mass is 10.3. The van der Waals surface area contributed by atoms with Crippen LogP contribution < -0.4 is 0 Å². The van der Waals surface area contributed by atoms with Gasteiger partial charge in [-0.25, -0.2) is 15.0 Å². The van der Waals surface area contributed by atoms with Crippen LogP contribution in [-0.2, 0) is 16.6 Å². The van der Waals surface area contributed by atoms with Crippen molar-refractivity contribution in [3.05, 3.63) is 54.1 Å². The number of pyridine rings is 2. The Morgan fingerprint density at radius 3 is 2.80 bits per heavy atom. The molecular weight excluding hydrogens is 272 g/mol. The van der Waals surface area contributed by atoms with Crippen molar-refractivity contribution in [2.75, 3.05) is 0 Å². The van der Waals surface area contributed by atoms with E-state index in [1.54, 1.807) is 12.4 Å². The van der Waals surface area contributed by atoms with E-state index in [4.69, 9.17) is 0 Å². The van der Waals surface area contributed by atoms with Gasteiger partial charge in [-0.2, -0.15) is 0 Å². The third-order valence-corrected chi connectivity index (χ3v) is 3.98. The number of nitrogens with zero attached hydrogens (tertiary/aromatic N) is 4. The molecule has 3 aromatic heterocycles. The van der Waals surface area contributed by atoms with Gasteiger partial charge in [0.1, 0.15) is 10.5 Å². The highest BCUT2D eigenvalue weighted by molar-refractivity contribution is 7.84. The zero-order valence-corrected chi connectivity index (χ0v) is 11.7. The summed E-state index contributed by atoms with van der Waals surface area (Å²) < 4.78 is 12.3. The summed E-state index contributed by atoms with van der Waals surface area (Å²) in [7, 11) is -1.27. The van der Waals surface area contributed by atoms with Gasteiger partial charge in [0.2, 0.25) is 0 Å². The molecule has 0 aliphatic carbocycles. The standard InChI is InChI=1S/C14H12N4OS/c1-10-5-6-12-14(17-10)18-13(8-16-12)20(19)9-11-4-2-3-7-15-11/h2-8H,9H2,1H3. The van der Waals surface area contributed by atoms with Crippen molar-refractivity contribution in [1.29, 1.82) is 0 Å². The lowest BCUT2D eigenvalue weighted by Gasteiger charge is -2.03. The summed E-state index contributed by atoms with van der Waals surface area (Å²) in [5.41, 5.74) is 2.86. The van der Waals surface area contributed by atoms with Gasteiger partial charge in [0.25, 0.3) is 0 Å². The molecule has 3 aromatic rings. The molecular formula is C14H12N4OS. The van der Waals surface area contributed by atoms with E-state index in [0.717, 1.165) is 11.4 Å². The Morgan fingerprint density at radius 1 is 1.10 bits per heavy atom. The first-order valence-corrected chi connectivity index (χ1v) is 7.43. The highest BCUT2D eigenvalue weighted by Crippen LogP contribution is 2.12. The lowest BCUT2D eigenvalue weighted by Crippen LogP contribution is -2.02. The van der Waals surface area contributed by atoms with Crippen LogP contribution in [-0.4, -0.2) is 24.1 Å². The highest BCUT2D eigenvalue weighted by Gasteiger charge is 2.10. The van der Waals surface area contributed by atoms with Crippen molar-refractivity contribution in [1.82, 2.24) is 19.9 Å². The minimum Gasteiger partial charge on any atom is -0.260 e. The topological polar surface area (TPSA) is 68.6 Å². The molecule has 0 N–H and O–H groups in total. The zero-order valence-electron chi connectivity index (χ0n) is 10.9. The van der Waals surface area contributed by atoms with Gasteiger partial charge in [-0.1, -0.05) is 6.07 Å². The third kappa shape index (κ3) is 2.70. The van der Waals surface area contributed by atoms with Crippen molar-refractivity contribution in [3.8, 4) is 0 Å². The van der Waals surface area contributed by atoms with E-state index >= 15 is 0 Å². The highest BCUT2D eigenvalue weighted by atomic mass is 32.2. The van der Waals surface area contributed by atoms with Crippen LogP contribution in [0.15, 0.2) is 47.8 Å². The van der Waals surface area contributed by atoms with Crippen LogP contribution in [0.25, 0.3) is 11.2 Å². The van der Waals surface area contributed by atoms with Crippen LogP contribution in [0.2, 0.25) is 0 Å². The molecule has 100 valence electrons. The van der Waals surface area contributed by atoms with E-state index in [1.165, 1.54) is 0 Å². The summed E-state index contributed by atoms with van der Waals surface area (Å²) in [6.45, 7) is 1.89. The first-order valence-electron chi connectivity index (χ1n) is 6.11. The maximum Gasteiger partial charge on any atom is 0.179 e. The fraction of sp³-hybridized carbons (Fsp3) is 0.143. The number of aromatic nitrogens is 4. The molecule has 20 heavy (non-hydrogen) atoms. The Hall–Kier alpha value is -2.21. The van der Waals surface area contributed by atoms with Crippen molar-refractivity contribution < 1.29 is 4.21 Å². The van der Waals surface area contributed by atoms with Crippen LogP contribution in [0.1, 0.15) is 11.4 Å². The number of hydrogen-bond acceptors (Lipinski definition) is 5. The molecule has 0 aliphatic heterocycles. The van der Waals surface area contributed by atoms with Gasteiger partial charge < -0.3 is 0 Å². The largest absolute Gasteiger partial charge is 0.260 e. The Kier molecular flexibility index (Phi) is 3.47. The lowest BCUT2D eigenvalue weighted by molar-refractivity contribution is 0.679. The maximum atomic E-state index is 12.3. The molecule has 0 saturated carbocycles. The number of rotatable bonds is 3. The molecule has 0 amide bonds. The summed E-state index contributed by atoms with van der Waals surface area (Å²) in [5.74, 6) is 0.326. The quantitative estimate of drug-likeness (QED) is 0.736. The number of fused-ring (bicyclic) bond motifs is 1. The first kappa shape index (κ1) is 12.8. The molecule has 3 heterocycles. The van der Waals surface area contributed by atoms with Crippen molar-refractivity contribution >= 4 is 22.0 Å². The molecule has 5 nitrogen and oxygen atoms in total. The summed E-state index contributed by atoms with van der Waals surface area (Å²) in [4.78, 5) is 17.0. The molecule has 0 radical (unpaired) electrons. The number of aryl methyl sites for hydroxylation is 1. The van der Waals surface area contributed by atoms with Crippen LogP contribution >= 0.6 is 0 Å². The molecule has 0 spiro atoms. The second-order valence-corrected chi connectivity index (χ2v) is 5.71. The fourth-order valence-corrected chi connectivity index (χ4v) is 2.72. The van der Waals surface area contributed by atoms with Gasteiger partial charge in [-0.3, -0.25) is 9.19 Å². The third-order valence-electron chi connectivity index (χ3n) is 2.76. The molecule has 1 unspecified atom stereocenters. The minimum atomic E-state index is -1.27. The smallest absolute Gasteiger partial charge is 0.179 e. The van der Waals surface area contributed by atoms with E-state index in [9.17, 15) is 4.21 Å². The SMILES string of the molecule is Cc1ccc2ncc(S(=O)Cc3ccccn3)nc2n1. The van der Waals surface area contributed by atoms with Crippen molar-refractivity contribution in [2.45, 2.75) is 17.7 Å². The average molecular weight is 284 g/mol. The van der Waals surface area contributed by atoms with Crippen LogP contribution in [0.3, 0.4) is 0 Å². The van der Waals surface area contributed by atoms with Crippen LogP contribution in [0.4, 0.5) is 0 Å². The van der Waals surface area contributed by atoms with Gasteiger partial charge in [0.15, 0.2) is 5.65 Å². The predicted molar refractivity (Wildman–Crippen MR) is 76.4 cm³/mol. The molecule has 0 bridgehead atoms. The van der Waals surface area contributed by atoms with Gasteiger partial charge >= 0.3 is 0 Å². The van der Waals surface area contributed by atoms with Crippen LogP contribution in [0.5, 0.6) is 0 Å². The molecule has 0 saturated heterocycles. The Balaban J connectivity index is 1.91. The van der Waals surface area contributed by atoms with Gasteiger partial charge in [-0.05, 0) is 31.2 Å². The molecule has 6 heteroatoms. The van der Waals surface area contributed by atoms with Crippen LogP contribution in [0, 0.1) is 6.92 Å². The Labute approximate surface area is 118 Å². The van der Waals surface area contributed by atoms with E-state index in [-0.39, 0.29) is 0 Å². The summed E-state index contributed by atoms with van der Waals surface area (Å²) >= 11 is 0. The minimum absolute atomic E-state index is 0.326. The normalized spacial score (nSPS) is 12.4. The second kappa shape index (κ2) is 5.42. The Bertz CT molecular complexity index is 776. The molecule has 1 atom stereocenters. The number of hydrogen-bond donors (Lipinski definition) is 0. The second-order valence-electron chi connectivity index (χ2n) is 4.31. The fourth-order valence-electron chi connectivity index (χ4n) is 1.78. The molecule has 0 fully saturated rings. The zero-order chi connectivity index (χ0) is 13.9. The Morgan fingerprint density at radius 2 is 2.00 bits per heavy atom. The van der Waals surface area contributed by atoms with Gasteiger partial charge in [0.05, 0.1) is 28.4 Å². The van der Waals surface area contributed by atoms with Crippen molar-refractivity contribution in [3.63, 3.8) is 0 Å².